The van der Waals surface area contributed by atoms with Crippen molar-refractivity contribution >= 4 is 28.2 Å². The van der Waals surface area contributed by atoms with Gasteiger partial charge in [-0.05, 0) is 57.2 Å². The molecule has 0 radical (unpaired) electrons. The summed E-state index contributed by atoms with van der Waals surface area (Å²) in [6, 6.07) is 4.19. The molecule has 1 saturated heterocycles. The Balaban J connectivity index is 1.25. The molecule has 0 amide bonds. The number of anilines is 1. The van der Waals surface area contributed by atoms with Crippen molar-refractivity contribution < 1.29 is 8.78 Å². The summed E-state index contributed by atoms with van der Waals surface area (Å²) in [6.45, 7) is 9.57. The molecule has 3 aromatic heterocycles. The number of halogens is 2. The smallest absolute Gasteiger partial charge is 0.159 e. The highest BCUT2D eigenvalue weighted by atomic mass is 32.1. The Labute approximate surface area is 213 Å². The van der Waals surface area contributed by atoms with Gasteiger partial charge in [-0.15, -0.1) is 11.3 Å². The van der Waals surface area contributed by atoms with Crippen molar-refractivity contribution in [2.45, 2.75) is 46.1 Å². The van der Waals surface area contributed by atoms with Crippen molar-refractivity contribution in [2.75, 3.05) is 37.6 Å². The van der Waals surface area contributed by atoms with Crippen LogP contribution < -0.4 is 4.90 Å². The van der Waals surface area contributed by atoms with Gasteiger partial charge in [0.2, 0.25) is 0 Å². The van der Waals surface area contributed by atoms with Crippen LogP contribution in [-0.4, -0.2) is 57.1 Å². The quantitative estimate of drug-likeness (QED) is 0.373. The first kappa shape index (κ1) is 23.5. The molecule has 6 nitrogen and oxygen atoms in total. The van der Waals surface area contributed by atoms with Crippen molar-refractivity contribution in [3.8, 4) is 10.6 Å². The van der Waals surface area contributed by atoms with E-state index in [0.717, 1.165) is 85.2 Å². The number of fused-ring (bicyclic) bond motifs is 3. The van der Waals surface area contributed by atoms with Gasteiger partial charge in [0.15, 0.2) is 17.5 Å². The number of hydrogen-bond donors (Lipinski definition) is 0. The number of piperazine rings is 1. The lowest BCUT2D eigenvalue weighted by Gasteiger charge is -2.35. The highest BCUT2D eigenvalue weighted by Crippen LogP contribution is 2.41. The molecule has 0 aliphatic carbocycles. The predicted octanol–water partition coefficient (Wildman–Crippen LogP) is 5.15. The molecule has 0 spiro atoms. The van der Waals surface area contributed by atoms with Crippen LogP contribution in [0.1, 0.15) is 34.7 Å². The highest BCUT2D eigenvalue weighted by Gasteiger charge is 2.29. The number of rotatable bonds is 5. The minimum absolute atomic E-state index is 0.706. The standard InChI is InChI=1S/C27H30F2N6S/c1-17-18(2)36-27(32-17)23-22-5-3-4-9-35(22)25-24(23)30-16-31-26(25)34-13-11-33(12-14-34)10-8-19-6-7-20(28)21(29)15-19/h6-7,15-16H,3-5,8-14H2,1-2H3. The second kappa shape index (κ2) is 9.52. The molecule has 1 fully saturated rings. The van der Waals surface area contributed by atoms with Crippen LogP contribution in [0.2, 0.25) is 0 Å². The van der Waals surface area contributed by atoms with Gasteiger partial charge in [-0.25, -0.2) is 23.7 Å². The molecule has 1 aromatic carbocycles. The average Bonchev–Trinajstić information content (AvgIpc) is 3.41. The zero-order chi connectivity index (χ0) is 24.8. The molecule has 188 valence electrons. The third-order valence-electron chi connectivity index (χ3n) is 7.58. The maximum Gasteiger partial charge on any atom is 0.159 e. The Morgan fingerprint density at radius 3 is 2.56 bits per heavy atom. The molecule has 2 aliphatic heterocycles. The summed E-state index contributed by atoms with van der Waals surface area (Å²) in [7, 11) is 0. The summed E-state index contributed by atoms with van der Waals surface area (Å²) in [5, 5.41) is 1.07. The maximum absolute atomic E-state index is 13.5. The number of hydrogen-bond acceptors (Lipinski definition) is 6. The molecule has 5 heterocycles. The van der Waals surface area contributed by atoms with E-state index in [2.05, 4.69) is 28.2 Å². The van der Waals surface area contributed by atoms with Gasteiger partial charge in [-0.1, -0.05) is 6.07 Å². The predicted molar refractivity (Wildman–Crippen MR) is 140 cm³/mol. The zero-order valence-corrected chi connectivity index (χ0v) is 21.5. The normalized spacial score (nSPS) is 16.6. The van der Waals surface area contributed by atoms with Crippen LogP contribution in [0, 0.1) is 25.5 Å². The van der Waals surface area contributed by atoms with E-state index in [1.807, 2.05) is 0 Å². The summed E-state index contributed by atoms with van der Waals surface area (Å²) in [6.07, 6.45) is 5.80. The molecular weight excluding hydrogens is 478 g/mol. The van der Waals surface area contributed by atoms with Gasteiger partial charge in [0.1, 0.15) is 22.4 Å². The summed E-state index contributed by atoms with van der Waals surface area (Å²) in [4.78, 5) is 20.5. The molecule has 0 atom stereocenters. The monoisotopic (exact) mass is 508 g/mol. The van der Waals surface area contributed by atoms with Gasteiger partial charge in [-0.3, -0.25) is 4.90 Å². The van der Waals surface area contributed by atoms with E-state index in [0.29, 0.717) is 6.42 Å². The number of aryl methyl sites for hydroxylation is 3. The van der Waals surface area contributed by atoms with Gasteiger partial charge in [0, 0.05) is 49.8 Å². The molecule has 0 bridgehead atoms. The fourth-order valence-corrected chi connectivity index (χ4v) is 6.46. The van der Waals surface area contributed by atoms with Crippen molar-refractivity contribution in [3.63, 3.8) is 0 Å². The molecule has 9 heteroatoms. The first-order valence-corrected chi connectivity index (χ1v) is 13.5. The van der Waals surface area contributed by atoms with Crippen molar-refractivity contribution in [1.29, 1.82) is 0 Å². The van der Waals surface area contributed by atoms with E-state index in [-0.39, 0.29) is 0 Å². The van der Waals surface area contributed by atoms with E-state index in [1.165, 1.54) is 34.7 Å². The van der Waals surface area contributed by atoms with Gasteiger partial charge >= 0.3 is 0 Å². The summed E-state index contributed by atoms with van der Waals surface area (Å²) in [5.74, 6) is -0.554. The maximum atomic E-state index is 13.5. The Morgan fingerprint density at radius 2 is 1.81 bits per heavy atom. The Hall–Kier alpha value is -2.91. The van der Waals surface area contributed by atoms with Crippen LogP contribution >= 0.6 is 11.3 Å². The van der Waals surface area contributed by atoms with Crippen LogP contribution in [0.4, 0.5) is 14.6 Å². The zero-order valence-electron chi connectivity index (χ0n) is 20.7. The van der Waals surface area contributed by atoms with Gasteiger partial charge in [0.05, 0.1) is 11.3 Å². The third-order valence-corrected chi connectivity index (χ3v) is 8.67. The van der Waals surface area contributed by atoms with Crippen LogP contribution in [0.25, 0.3) is 21.6 Å². The Bertz CT molecular complexity index is 1400. The molecule has 2 aliphatic rings. The SMILES string of the molecule is Cc1nc(-c2c3n(c4c(N5CCN(CCc6ccc(F)c(F)c6)CC5)ncnc24)CCCC3)sc1C. The number of thiazole rings is 1. The number of nitrogens with zero attached hydrogens (tertiary/aromatic N) is 6. The molecular formula is C27H30F2N6S. The van der Waals surface area contributed by atoms with Crippen molar-refractivity contribution in [3.05, 3.63) is 58.0 Å². The Kier molecular flexibility index (Phi) is 6.21. The lowest BCUT2D eigenvalue weighted by atomic mass is 10.1. The van der Waals surface area contributed by atoms with E-state index in [9.17, 15) is 8.78 Å². The molecule has 36 heavy (non-hydrogen) atoms. The average molecular weight is 509 g/mol. The third kappa shape index (κ3) is 4.18. The lowest BCUT2D eigenvalue weighted by molar-refractivity contribution is 0.260. The first-order chi connectivity index (χ1) is 17.5. The highest BCUT2D eigenvalue weighted by molar-refractivity contribution is 7.15. The van der Waals surface area contributed by atoms with Gasteiger partial charge in [0.25, 0.3) is 0 Å². The summed E-state index contributed by atoms with van der Waals surface area (Å²) < 4.78 is 29.2. The topological polar surface area (TPSA) is 50.1 Å². The van der Waals surface area contributed by atoms with E-state index >= 15 is 0 Å². The lowest BCUT2D eigenvalue weighted by Crippen LogP contribution is -2.47. The van der Waals surface area contributed by atoms with E-state index in [1.54, 1.807) is 23.7 Å². The summed E-state index contributed by atoms with van der Waals surface area (Å²) >= 11 is 1.76. The molecule has 4 aromatic rings. The molecule has 0 saturated carbocycles. The van der Waals surface area contributed by atoms with Gasteiger partial charge in [-0.2, -0.15) is 0 Å². The minimum Gasteiger partial charge on any atom is -0.352 e. The number of aromatic nitrogens is 4. The minimum atomic E-state index is -0.792. The van der Waals surface area contributed by atoms with Crippen LogP contribution in [0.3, 0.4) is 0 Å². The molecule has 0 unspecified atom stereocenters. The number of benzene rings is 1. The van der Waals surface area contributed by atoms with Crippen LogP contribution in [0.5, 0.6) is 0 Å². The van der Waals surface area contributed by atoms with Crippen LogP contribution in [-0.2, 0) is 19.4 Å². The van der Waals surface area contributed by atoms with Crippen molar-refractivity contribution in [1.82, 2.24) is 24.4 Å². The van der Waals surface area contributed by atoms with E-state index in [4.69, 9.17) is 15.0 Å². The largest absolute Gasteiger partial charge is 0.352 e. The van der Waals surface area contributed by atoms with E-state index < -0.39 is 11.6 Å². The van der Waals surface area contributed by atoms with Crippen molar-refractivity contribution in [2.24, 2.45) is 0 Å². The molecule has 6 rings (SSSR count). The van der Waals surface area contributed by atoms with Gasteiger partial charge < -0.3 is 9.47 Å². The fraction of sp³-hybridized carbons (Fsp3) is 0.444. The second-order valence-corrected chi connectivity index (χ2v) is 11.0. The Morgan fingerprint density at radius 1 is 0.972 bits per heavy atom. The second-order valence-electron chi connectivity index (χ2n) is 9.81. The first-order valence-electron chi connectivity index (χ1n) is 12.7. The summed E-state index contributed by atoms with van der Waals surface area (Å²) in [5.41, 5.74) is 6.62. The van der Waals surface area contributed by atoms with Crippen LogP contribution in [0.15, 0.2) is 24.5 Å². The molecule has 0 N–H and O–H groups in total. The fourth-order valence-electron chi connectivity index (χ4n) is 5.48.